The first kappa shape index (κ1) is 14.6. The molecule has 1 saturated heterocycles. The lowest BCUT2D eigenvalue weighted by atomic mass is 10.1. The summed E-state index contributed by atoms with van der Waals surface area (Å²) in [6.45, 7) is 4.35. The highest BCUT2D eigenvalue weighted by Crippen LogP contribution is 2.28. The van der Waals surface area contributed by atoms with E-state index in [2.05, 4.69) is 47.4 Å². The molecule has 1 aromatic rings. The van der Waals surface area contributed by atoms with Crippen LogP contribution in [0.4, 0.5) is 5.69 Å². The molecule has 1 N–H and O–H groups in total. The quantitative estimate of drug-likeness (QED) is 0.894. The first-order chi connectivity index (χ1) is 9.10. The summed E-state index contributed by atoms with van der Waals surface area (Å²) in [5.41, 5.74) is 2.36. The zero-order valence-corrected chi connectivity index (χ0v) is 12.9. The van der Waals surface area contributed by atoms with Crippen molar-refractivity contribution in [1.29, 1.82) is 0 Å². The molecule has 1 aliphatic rings. The van der Waals surface area contributed by atoms with E-state index in [-0.39, 0.29) is 0 Å². The Hall–Kier alpha value is -0.770. The number of rotatable bonds is 5. The molecule has 1 heterocycles. The lowest BCUT2D eigenvalue weighted by Gasteiger charge is -2.24. The molecule has 0 amide bonds. The van der Waals surface area contributed by atoms with E-state index in [4.69, 9.17) is 11.6 Å². The van der Waals surface area contributed by atoms with Gasteiger partial charge in [-0.05, 0) is 50.7 Å². The molecule has 2 rings (SSSR count). The van der Waals surface area contributed by atoms with Crippen LogP contribution in [0, 0.1) is 5.92 Å². The molecule has 0 radical (unpaired) electrons. The minimum absolute atomic E-state index is 0.753. The van der Waals surface area contributed by atoms with Gasteiger partial charge in [0.15, 0.2) is 0 Å². The van der Waals surface area contributed by atoms with Crippen molar-refractivity contribution < 1.29 is 0 Å². The summed E-state index contributed by atoms with van der Waals surface area (Å²) in [7, 11) is 6.28. The largest absolute Gasteiger partial charge is 0.373 e. The van der Waals surface area contributed by atoms with Gasteiger partial charge in [-0.2, -0.15) is 0 Å². The highest BCUT2D eigenvalue weighted by Gasteiger charge is 2.21. The monoisotopic (exact) mass is 281 g/mol. The predicted octanol–water partition coefficient (Wildman–Crippen LogP) is 2.45. The summed E-state index contributed by atoms with van der Waals surface area (Å²) in [4.78, 5) is 4.69. The Morgan fingerprint density at radius 3 is 2.84 bits per heavy atom. The summed E-state index contributed by atoms with van der Waals surface area (Å²) in [6.07, 6.45) is 1.29. The van der Waals surface area contributed by atoms with E-state index in [1.54, 1.807) is 0 Å². The maximum atomic E-state index is 6.39. The lowest BCUT2D eigenvalue weighted by Crippen LogP contribution is -2.27. The molecule has 1 aliphatic heterocycles. The second-order valence-electron chi connectivity index (χ2n) is 5.61. The van der Waals surface area contributed by atoms with Crippen molar-refractivity contribution in [3.63, 3.8) is 0 Å². The van der Waals surface area contributed by atoms with Gasteiger partial charge in [0.05, 0.1) is 10.7 Å². The summed E-state index contributed by atoms with van der Waals surface area (Å²) in [6, 6.07) is 6.34. The van der Waals surface area contributed by atoms with Crippen LogP contribution in [-0.4, -0.2) is 45.7 Å². The average molecular weight is 282 g/mol. The van der Waals surface area contributed by atoms with Crippen LogP contribution in [0.5, 0.6) is 0 Å². The minimum atomic E-state index is 0.753. The van der Waals surface area contributed by atoms with E-state index in [1.807, 2.05) is 7.05 Å². The molecular weight excluding hydrogens is 258 g/mol. The predicted molar refractivity (Wildman–Crippen MR) is 83.1 cm³/mol. The topological polar surface area (TPSA) is 18.5 Å². The van der Waals surface area contributed by atoms with Crippen LogP contribution in [0.1, 0.15) is 12.0 Å². The molecule has 1 atom stereocenters. The molecule has 0 aliphatic carbocycles. The molecule has 0 bridgehead atoms. The molecule has 0 spiro atoms. The van der Waals surface area contributed by atoms with Crippen LogP contribution in [0.3, 0.4) is 0 Å². The van der Waals surface area contributed by atoms with Gasteiger partial charge in [0.25, 0.3) is 0 Å². The molecule has 4 heteroatoms. The van der Waals surface area contributed by atoms with Gasteiger partial charge >= 0.3 is 0 Å². The summed E-state index contributed by atoms with van der Waals surface area (Å²) in [5, 5.41) is 3.99. The SMILES string of the molecule is CNCc1ccc(N(C)CC2CCN(C)C2)c(Cl)c1. The number of likely N-dealkylation sites (tertiary alicyclic amines) is 1. The van der Waals surface area contributed by atoms with Gasteiger partial charge in [-0.25, -0.2) is 0 Å². The Labute approximate surface area is 121 Å². The zero-order chi connectivity index (χ0) is 13.8. The van der Waals surface area contributed by atoms with Crippen molar-refractivity contribution >= 4 is 17.3 Å². The molecule has 1 unspecified atom stereocenters. The molecule has 106 valence electrons. The van der Waals surface area contributed by atoms with Crippen molar-refractivity contribution in [2.45, 2.75) is 13.0 Å². The third-order valence-corrected chi connectivity index (χ3v) is 4.13. The van der Waals surface area contributed by atoms with E-state index in [9.17, 15) is 0 Å². The Morgan fingerprint density at radius 2 is 2.26 bits per heavy atom. The van der Waals surface area contributed by atoms with Crippen LogP contribution >= 0.6 is 11.6 Å². The maximum absolute atomic E-state index is 6.39. The second kappa shape index (κ2) is 6.60. The van der Waals surface area contributed by atoms with Crippen molar-refractivity contribution in [3.8, 4) is 0 Å². The number of nitrogens with one attached hydrogen (secondary N) is 1. The Balaban J connectivity index is 2.00. The van der Waals surface area contributed by atoms with Crippen LogP contribution in [-0.2, 0) is 6.54 Å². The second-order valence-corrected chi connectivity index (χ2v) is 6.02. The first-order valence-electron chi connectivity index (χ1n) is 6.93. The molecule has 1 aromatic carbocycles. The standard InChI is InChI=1S/C15H24ClN3/c1-17-9-12-4-5-15(14(16)8-12)19(3)11-13-6-7-18(2)10-13/h4-5,8,13,17H,6-7,9-11H2,1-3H3. The third kappa shape index (κ3) is 3.85. The molecule has 19 heavy (non-hydrogen) atoms. The number of hydrogen-bond donors (Lipinski definition) is 1. The third-order valence-electron chi connectivity index (χ3n) is 3.83. The highest BCUT2D eigenvalue weighted by atomic mass is 35.5. The average Bonchev–Trinajstić information content (AvgIpc) is 2.75. The van der Waals surface area contributed by atoms with Gasteiger partial charge in [-0.15, -0.1) is 0 Å². The Bertz CT molecular complexity index is 422. The van der Waals surface area contributed by atoms with Crippen molar-refractivity contribution in [2.75, 3.05) is 45.7 Å². The van der Waals surface area contributed by atoms with Crippen molar-refractivity contribution in [1.82, 2.24) is 10.2 Å². The molecule has 0 aromatic heterocycles. The highest BCUT2D eigenvalue weighted by molar-refractivity contribution is 6.33. The molecule has 3 nitrogen and oxygen atoms in total. The Morgan fingerprint density at radius 1 is 1.47 bits per heavy atom. The van der Waals surface area contributed by atoms with Crippen LogP contribution in [0.15, 0.2) is 18.2 Å². The fraction of sp³-hybridized carbons (Fsp3) is 0.600. The fourth-order valence-corrected chi connectivity index (χ4v) is 3.18. The fourth-order valence-electron chi connectivity index (χ4n) is 2.84. The van der Waals surface area contributed by atoms with Gasteiger partial charge in [0.1, 0.15) is 0 Å². The van der Waals surface area contributed by atoms with Crippen LogP contribution < -0.4 is 10.2 Å². The normalized spacial score (nSPS) is 19.9. The molecule has 1 fully saturated rings. The minimum Gasteiger partial charge on any atom is -0.373 e. The van der Waals surface area contributed by atoms with Gasteiger partial charge in [-0.1, -0.05) is 17.7 Å². The first-order valence-corrected chi connectivity index (χ1v) is 7.30. The van der Waals surface area contributed by atoms with Gasteiger partial charge in [-0.3, -0.25) is 0 Å². The Kier molecular flexibility index (Phi) is 5.08. The van der Waals surface area contributed by atoms with Gasteiger partial charge in [0.2, 0.25) is 0 Å². The van der Waals surface area contributed by atoms with Crippen molar-refractivity contribution in [3.05, 3.63) is 28.8 Å². The number of halogens is 1. The summed E-state index contributed by atoms with van der Waals surface area (Å²) < 4.78 is 0. The van der Waals surface area contributed by atoms with Crippen LogP contribution in [0.25, 0.3) is 0 Å². The summed E-state index contributed by atoms with van der Waals surface area (Å²) in [5.74, 6) is 0.753. The van der Waals surface area contributed by atoms with Gasteiger partial charge < -0.3 is 15.1 Å². The van der Waals surface area contributed by atoms with E-state index < -0.39 is 0 Å². The zero-order valence-electron chi connectivity index (χ0n) is 12.1. The molecular formula is C15H24ClN3. The van der Waals surface area contributed by atoms with Gasteiger partial charge in [0, 0.05) is 26.7 Å². The van der Waals surface area contributed by atoms with Crippen LogP contribution in [0.2, 0.25) is 5.02 Å². The van der Waals surface area contributed by atoms with Crippen molar-refractivity contribution in [2.24, 2.45) is 5.92 Å². The number of anilines is 1. The lowest BCUT2D eigenvalue weighted by molar-refractivity contribution is 0.396. The van der Waals surface area contributed by atoms with E-state index in [1.165, 1.54) is 25.1 Å². The molecule has 0 saturated carbocycles. The maximum Gasteiger partial charge on any atom is 0.0642 e. The van der Waals surface area contributed by atoms with E-state index in [0.29, 0.717) is 0 Å². The number of hydrogen-bond acceptors (Lipinski definition) is 3. The van der Waals surface area contributed by atoms with E-state index in [0.717, 1.165) is 29.7 Å². The number of nitrogens with zero attached hydrogens (tertiary/aromatic N) is 2. The smallest absolute Gasteiger partial charge is 0.0642 e. The number of benzene rings is 1. The van der Waals surface area contributed by atoms with E-state index >= 15 is 0 Å². The summed E-state index contributed by atoms with van der Waals surface area (Å²) >= 11 is 6.39.